The minimum atomic E-state index is -0.295. The minimum Gasteiger partial charge on any atom is -0.347 e. The lowest BCUT2D eigenvalue weighted by Crippen LogP contribution is -2.25. The summed E-state index contributed by atoms with van der Waals surface area (Å²) in [5.74, 6) is 0.155. The number of aromatic nitrogens is 5. The Hall–Kier alpha value is -3.07. The van der Waals surface area contributed by atoms with E-state index in [1.807, 2.05) is 20.8 Å². The summed E-state index contributed by atoms with van der Waals surface area (Å²) < 4.78 is 15.1. The van der Waals surface area contributed by atoms with Crippen molar-refractivity contribution in [3.63, 3.8) is 0 Å². The van der Waals surface area contributed by atoms with Crippen LogP contribution in [-0.4, -0.2) is 24.7 Å². The Morgan fingerprint density at radius 1 is 1.23 bits per heavy atom. The van der Waals surface area contributed by atoms with Gasteiger partial charge in [-0.25, -0.2) is 14.1 Å². The molecule has 31 heavy (non-hydrogen) atoms. The summed E-state index contributed by atoms with van der Waals surface area (Å²) in [5, 5.41) is 9.10. The van der Waals surface area contributed by atoms with Crippen molar-refractivity contribution in [3.05, 3.63) is 57.2 Å². The fourth-order valence-corrected chi connectivity index (χ4v) is 5.09. The monoisotopic (exact) mass is 438 g/mol. The molecule has 0 fully saturated rings. The topological polar surface area (TPSA) is 88.5 Å². The van der Waals surface area contributed by atoms with Gasteiger partial charge in [0.05, 0.1) is 23.5 Å². The van der Waals surface area contributed by atoms with Crippen molar-refractivity contribution in [2.24, 2.45) is 0 Å². The molecule has 0 amide bonds. The van der Waals surface area contributed by atoms with Gasteiger partial charge in [0.15, 0.2) is 5.65 Å². The first-order chi connectivity index (χ1) is 14.8. The summed E-state index contributed by atoms with van der Waals surface area (Å²) in [6.07, 6.45) is 4.43. The third kappa shape index (κ3) is 3.63. The lowest BCUT2D eigenvalue weighted by molar-refractivity contribution is 0.366. The number of hydrogen-bond acceptors (Lipinski definition) is 6. The van der Waals surface area contributed by atoms with Crippen LogP contribution in [0.4, 0.5) is 10.3 Å². The van der Waals surface area contributed by atoms with Gasteiger partial charge in [-0.05, 0) is 64.3 Å². The molecule has 7 nitrogen and oxygen atoms in total. The molecule has 1 aliphatic carbocycles. The molecule has 0 radical (unpaired) electrons. The van der Waals surface area contributed by atoms with Crippen molar-refractivity contribution in [1.29, 1.82) is 0 Å². The second-order valence-corrected chi connectivity index (χ2v) is 9.89. The van der Waals surface area contributed by atoms with Gasteiger partial charge in [0.2, 0.25) is 5.95 Å². The van der Waals surface area contributed by atoms with E-state index in [0.717, 1.165) is 35.5 Å². The number of halogens is 1. The van der Waals surface area contributed by atoms with E-state index in [4.69, 9.17) is 4.98 Å². The maximum Gasteiger partial charge on any atom is 0.263 e. The van der Waals surface area contributed by atoms with E-state index in [0.29, 0.717) is 17.0 Å². The maximum absolute atomic E-state index is 13.3. The Morgan fingerprint density at radius 3 is 2.74 bits per heavy atom. The SMILES string of the molecule is CC(C)(C)n1ncc2c(=O)[nH]c(NC3CCCc4sc(-c5ccc(F)cc5)nc43)nc21. The molecule has 5 rings (SSSR count). The van der Waals surface area contributed by atoms with Crippen LogP contribution < -0.4 is 10.9 Å². The largest absolute Gasteiger partial charge is 0.347 e. The molecule has 3 aromatic heterocycles. The second kappa shape index (κ2) is 7.26. The first-order valence-corrected chi connectivity index (χ1v) is 11.1. The number of aryl methyl sites for hydroxylation is 1. The van der Waals surface area contributed by atoms with Crippen molar-refractivity contribution < 1.29 is 4.39 Å². The molecule has 0 bridgehead atoms. The van der Waals surface area contributed by atoms with Crippen molar-refractivity contribution in [1.82, 2.24) is 24.7 Å². The number of anilines is 1. The summed E-state index contributed by atoms with van der Waals surface area (Å²) in [6.45, 7) is 6.07. The smallest absolute Gasteiger partial charge is 0.263 e. The van der Waals surface area contributed by atoms with E-state index in [9.17, 15) is 9.18 Å². The Kier molecular flexibility index (Phi) is 4.65. The first-order valence-electron chi connectivity index (χ1n) is 10.3. The van der Waals surface area contributed by atoms with Crippen molar-refractivity contribution >= 4 is 28.3 Å². The predicted molar refractivity (Wildman–Crippen MR) is 120 cm³/mol. The zero-order chi connectivity index (χ0) is 21.8. The average Bonchev–Trinajstić information content (AvgIpc) is 3.33. The van der Waals surface area contributed by atoms with E-state index in [1.165, 1.54) is 17.0 Å². The molecule has 2 N–H and O–H groups in total. The normalized spacial score (nSPS) is 16.5. The Bertz CT molecular complexity index is 1310. The number of fused-ring (bicyclic) bond motifs is 2. The van der Waals surface area contributed by atoms with Gasteiger partial charge in [0.25, 0.3) is 5.56 Å². The molecule has 1 unspecified atom stereocenters. The quantitative estimate of drug-likeness (QED) is 0.487. The number of thiazole rings is 1. The fraction of sp³-hybridized carbons (Fsp3) is 0.364. The van der Waals surface area contributed by atoms with E-state index >= 15 is 0 Å². The van der Waals surface area contributed by atoms with Crippen molar-refractivity contribution in [2.75, 3.05) is 5.32 Å². The average molecular weight is 439 g/mol. The number of aromatic amines is 1. The van der Waals surface area contributed by atoms with Crippen molar-refractivity contribution in [3.8, 4) is 10.6 Å². The van der Waals surface area contributed by atoms with E-state index < -0.39 is 0 Å². The van der Waals surface area contributed by atoms with E-state index in [1.54, 1.807) is 34.3 Å². The molecule has 0 saturated heterocycles. The fourth-order valence-electron chi connectivity index (χ4n) is 3.92. The first kappa shape index (κ1) is 19.9. The Morgan fingerprint density at radius 2 is 2.00 bits per heavy atom. The molecule has 0 saturated carbocycles. The molecule has 0 spiro atoms. The number of nitrogens with one attached hydrogen (secondary N) is 2. The Balaban J connectivity index is 1.50. The Labute approximate surface area is 182 Å². The molecule has 9 heteroatoms. The van der Waals surface area contributed by atoms with Crippen LogP contribution in [0.2, 0.25) is 0 Å². The molecule has 3 heterocycles. The van der Waals surface area contributed by atoms with Gasteiger partial charge >= 0.3 is 0 Å². The third-order valence-electron chi connectivity index (χ3n) is 5.43. The summed E-state index contributed by atoms with van der Waals surface area (Å²) in [6, 6.07) is 6.35. The van der Waals surface area contributed by atoms with Crippen LogP contribution in [0.1, 0.15) is 50.2 Å². The van der Waals surface area contributed by atoms with Crippen LogP contribution in [0.25, 0.3) is 21.6 Å². The van der Waals surface area contributed by atoms with Gasteiger partial charge in [0, 0.05) is 10.4 Å². The van der Waals surface area contributed by atoms with Crippen LogP contribution in [0.15, 0.2) is 35.3 Å². The van der Waals surface area contributed by atoms with Crippen LogP contribution >= 0.6 is 11.3 Å². The summed E-state index contributed by atoms with van der Waals surface area (Å²) in [4.78, 5) is 26.2. The lowest BCUT2D eigenvalue weighted by atomic mass is 9.98. The maximum atomic E-state index is 13.3. The molecule has 1 atom stereocenters. The molecule has 1 aromatic carbocycles. The molecular weight excluding hydrogens is 415 g/mol. The van der Waals surface area contributed by atoms with Crippen LogP contribution in [-0.2, 0) is 12.0 Å². The van der Waals surface area contributed by atoms with Crippen molar-refractivity contribution in [2.45, 2.75) is 51.6 Å². The van der Waals surface area contributed by atoms with Gasteiger partial charge in [-0.2, -0.15) is 10.1 Å². The van der Waals surface area contributed by atoms with E-state index in [2.05, 4.69) is 20.4 Å². The molecular formula is C22H23FN6OS. The van der Waals surface area contributed by atoms with E-state index in [-0.39, 0.29) is 23.0 Å². The standard InChI is InChI=1S/C22H23FN6OS/c1-22(2,3)29-18-14(11-24-29)19(30)28-21(27-18)25-15-5-4-6-16-17(15)26-20(31-16)12-7-9-13(23)10-8-12/h7-11,15H,4-6H2,1-3H3,(H2,25,27,28,30). The summed E-state index contributed by atoms with van der Waals surface area (Å²) in [5.41, 5.74) is 1.92. The number of hydrogen-bond donors (Lipinski definition) is 2. The number of rotatable bonds is 3. The van der Waals surface area contributed by atoms with Crippen LogP contribution in [0.3, 0.4) is 0 Å². The highest BCUT2D eigenvalue weighted by atomic mass is 32.1. The number of H-pyrrole nitrogens is 1. The molecule has 4 aromatic rings. The highest BCUT2D eigenvalue weighted by molar-refractivity contribution is 7.15. The van der Waals surface area contributed by atoms with Gasteiger partial charge in [-0.1, -0.05) is 0 Å². The summed E-state index contributed by atoms with van der Waals surface area (Å²) >= 11 is 1.64. The third-order valence-corrected chi connectivity index (χ3v) is 6.61. The van der Waals surface area contributed by atoms with Gasteiger partial charge < -0.3 is 5.32 Å². The zero-order valence-electron chi connectivity index (χ0n) is 17.6. The lowest BCUT2D eigenvalue weighted by Gasteiger charge is -2.23. The second-order valence-electron chi connectivity index (χ2n) is 8.80. The molecule has 1 aliphatic rings. The molecule has 160 valence electrons. The predicted octanol–water partition coefficient (Wildman–Crippen LogP) is 4.63. The highest BCUT2D eigenvalue weighted by Crippen LogP contribution is 2.38. The molecule has 0 aliphatic heterocycles. The van der Waals surface area contributed by atoms with Gasteiger partial charge in [-0.15, -0.1) is 11.3 Å². The van der Waals surface area contributed by atoms with Gasteiger partial charge in [0.1, 0.15) is 16.2 Å². The van der Waals surface area contributed by atoms with Crippen LogP contribution in [0.5, 0.6) is 0 Å². The summed E-state index contributed by atoms with van der Waals surface area (Å²) in [7, 11) is 0. The number of nitrogens with zero attached hydrogens (tertiary/aromatic N) is 4. The zero-order valence-corrected chi connectivity index (χ0v) is 18.4. The van der Waals surface area contributed by atoms with Gasteiger partial charge in [-0.3, -0.25) is 9.78 Å². The highest BCUT2D eigenvalue weighted by Gasteiger charge is 2.26. The minimum absolute atomic E-state index is 0.0548. The number of benzene rings is 1. The van der Waals surface area contributed by atoms with Crippen LogP contribution in [0, 0.1) is 5.82 Å².